The smallest absolute Gasteiger partial charge is 0.260 e. The van der Waals surface area contributed by atoms with E-state index in [0.29, 0.717) is 0 Å². The van der Waals surface area contributed by atoms with Crippen molar-refractivity contribution in [3.05, 3.63) is 332 Å². The third-order valence-electron chi connectivity index (χ3n) is 23.4. The maximum atomic E-state index is 7.65. The number of hydrogen-bond acceptors (Lipinski definition) is 9. The number of para-hydroxylation sites is 6. The molecule has 0 N–H and O–H groups in total. The van der Waals surface area contributed by atoms with Crippen LogP contribution in [0.1, 0.15) is 22.3 Å². The molecule has 0 spiro atoms. The van der Waals surface area contributed by atoms with Gasteiger partial charge >= 0.3 is 0 Å². The van der Waals surface area contributed by atoms with Crippen molar-refractivity contribution in [3.8, 4) is 46.0 Å². The van der Waals surface area contributed by atoms with Crippen LogP contribution in [-0.2, 0) is 0 Å². The average molecular weight is 1370 g/mol. The monoisotopic (exact) mass is 1370 g/mol. The first-order chi connectivity index (χ1) is 52.7. The summed E-state index contributed by atoms with van der Waals surface area (Å²) in [5.74, 6) is 6.35. The van der Waals surface area contributed by atoms with Crippen molar-refractivity contribution in [1.29, 1.82) is 0 Å². The SMILES string of the molecule is Cc1ccc(N(c2ccc(C)cc2)c2cc3c4c(c2)Oc2cc5c(cc2B4c2ccccc2O3)B2c3ccccc3N3c4ccccc4B4c6cc7c(cc6N(c6ccccc6)c6cc(c2c3c64)N5c2ccccc2)Oc2cc(N(c3ccc(C)cc3)c3ccc(C)cc3)cc3c2B7c2ccccc2O3)cc1. The summed E-state index contributed by atoms with van der Waals surface area (Å²) in [6, 6.07) is 114. The van der Waals surface area contributed by atoms with Gasteiger partial charge in [0.1, 0.15) is 46.0 Å². The first kappa shape index (κ1) is 60.2. The highest BCUT2D eigenvalue weighted by atomic mass is 16.5. The van der Waals surface area contributed by atoms with Gasteiger partial charge in [0.2, 0.25) is 0 Å². The van der Waals surface area contributed by atoms with Crippen LogP contribution in [0.25, 0.3) is 0 Å². The van der Waals surface area contributed by atoms with Gasteiger partial charge in [0.05, 0.1) is 11.4 Å². The van der Waals surface area contributed by atoms with Crippen LogP contribution in [0.3, 0.4) is 0 Å². The van der Waals surface area contributed by atoms with E-state index in [2.05, 4.69) is 362 Å². The molecule has 8 aliphatic rings. The quantitative estimate of drug-likeness (QED) is 0.139. The lowest BCUT2D eigenvalue weighted by molar-refractivity contribution is 0.464. The molecule has 0 amide bonds. The number of ether oxygens (including phenoxy) is 4. The van der Waals surface area contributed by atoms with Gasteiger partial charge in [-0.3, -0.25) is 0 Å². The fourth-order valence-electron chi connectivity index (χ4n) is 18.8. The van der Waals surface area contributed by atoms with Gasteiger partial charge in [-0.1, -0.05) is 192 Å². The van der Waals surface area contributed by atoms with Crippen molar-refractivity contribution in [1.82, 2.24) is 0 Å². The Hall–Kier alpha value is -13.2. The molecule has 9 nitrogen and oxygen atoms in total. The van der Waals surface area contributed by atoms with E-state index in [4.69, 9.17) is 18.9 Å². The molecule has 0 aromatic heterocycles. The maximum absolute atomic E-state index is 7.65. The van der Waals surface area contributed by atoms with E-state index < -0.39 is 0 Å². The fraction of sp³-hybridized carbons (Fsp3) is 0.0426. The topological polar surface area (TPSA) is 53.1 Å². The summed E-state index contributed by atoms with van der Waals surface area (Å²) in [7, 11) is 0. The van der Waals surface area contributed by atoms with E-state index in [1.54, 1.807) is 0 Å². The van der Waals surface area contributed by atoms with Gasteiger partial charge in [-0.2, -0.15) is 0 Å². The number of fused-ring (bicyclic) bond motifs is 18. The third kappa shape index (κ3) is 8.79. The zero-order valence-electron chi connectivity index (χ0n) is 59.1. The molecule has 0 unspecified atom stereocenters. The van der Waals surface area contributed by atoms with Gasteiger partial charge in [0.25, 0.3) is 26.9 Å². The predicted molar refractivity (Wildman–Crippen MR) is 443 cm³/mol. The maximum Gasteiger partial charge on any atom is 0.260 e. The van der Waals surface area contributed by atoms with Gasteiger partial charge in [-0.15, -0.1) is 0 Å². The van der Waals surface area contributed by atoms with E-state index in [1.807, 2.05) is 0 Å². The fourth-order valence-corrected chi connectivity index (χ4v) is 18.8. The largest absolute Gasteiger partial charge is 0.458 e. The van der Waals surface area contributed by atoms with Gasteiger partial charge in [0, 0.05) is 121 Å². The number of benzene rings is 15. The summed E-state index contributed by atoms with van der Waals surface area (Å²) < 4.78 is 29.6. The van der Waals surface area contributed by atoms with Crippen molar-refractivity contribution < 1.29 is 18.9 Å². The standard InChI is InChI=1S/C94H63B4N5O4/c1-56-31-39-62(40-32-56)99(63-41-33-57(2)34-42-63)66-47-86-92-88(49-66)106-84-54-78-72(51-74(84)97(92)70-25-13-17-29-82(70)104-86)95-68-23-11-15-27-76(68)103-77-28-16-12-24-69(77)96-73-52-75-85(55-79(73)102(61-21-9-6-10-22-61)81-53-80(90(95)94(103)91(81)96)101(78)60-19-7-5-8-20-60)107-89-50-67(48-87-93(89)98(75)71-26-14-18-30-83(71)105-87)100(64-43-35-58(3)36-44-64)65-45-37-59(4)38-46-65/h5-55H,1-4H3. The number of rotatable bonds is 8. The molecule has 107 heavy (non-hydrogen) atoms. The highest BCUT2D eigenvalue weighted by molar-refractivity contribution is 7.06. The van der Waals surface area contributed by atoms with Crippen LogP contribution in [0.2, 0.25) is 0 Å². The summed E-state index contributed by atoms with van der Waals surface area (Å²) >= 11 is 0. The summed E-state index contributed by atoms with van der Waals surface area (Å²) in [4.78, 5) is 12.3. The first-order valence-electron chi connectivity index (χ1n) is 37.1. The number of nitrogens with zero attached hydrogens (tertiary/aromatic N) is 5. The number of aryl methyl sites for hydroxylation is 4. The minimum atomic E-state index is -0.217. The molecule has 8 heterocycles. The summed E-state index contributed by atoms with van der Waals surface area (Å²) in [6.45, 7) is 7.69. The highest BCUT2D eigenvalue weighted by Gasteiger charge is 2.54. The Bertz CT molecular complexity index is 5850. The lowest BCUT2D eigenvalue weighted by atomic mass is 9.27. The van der Waals surface area contributed by atoms with Crippen molar-refractivity contribution in [2.45, 2.75) is 27.7 Å². The van der Waals surface area contributed by atoms with Crippen molar-refractivity contribution >= 4 is 178 Å². The molecular formula is C94H63B4N5O4. The molecule has 0 saturated carbocycles. The molecule has 0 aliphatic carbocycles. The molecule has 15 aromatic rings. The van der Waals surface area contributed by atoms with Gasteiger partial charge in [0.15, 0.2) is 0 Å². The minimum absolute atomic E-state index is 0.213. The Kier molecular flexibility index (Phi) is 12.7. The van der Waals surface area contributed by atoms with Crippen LogP contribution < -0.4 is 109 Å². The van der Waals surface area contributed by atoms with Gasteiger partial charge < -0.3 is 43.4 Å². The molecule has 8 aliphatic heterocycles. The molecule has 13 heteroatoms. The molecule has 0 radical (unpaired) electrons. The Balaban J connectivity index is 0.758. The number of anilines is 15. The van der Waals surface area contributed by atoms with E-state index in [-0.39, 0.29) is 26.9 Å². The van der Waals surface area contributed by atoms with Crippen LogP contribution >= 0.6 is 0 Å². The highest BCUT2D eigenvalue weighted by Crippen LogP contribution is 2.53. The Morgan fingerprint density at radius 2 is 0.533 bits per heavy atom. The Labute approximate surface area is 622 Å². The zero-order valence-corrected chi connectivity index (χ0v) is 59.1. The van der Waals surface area contributed by atoms with Crippen molar-refractivity contribution in [2.75, 3.05) is 24.5 Å². The molecule has 500 valence electrons. The summed E-state index contributed by atoms with van der Waals surface area (Å²) in [5.41, 5.74) is 34.6. The molecule has 0 saturated heterocycles. The summed E-state index contributed by atoms with van der Waals surface area (Å²) in [5, 5.41) is 0. The van der Waals surface area contributed by atoms with Crippen LogP contribution in [0.5, 0.6) is 46.0 Å². The first-order valence-corrected chi connectivity index (χ1v) is 37.1. The second-order valence-electron chi connectivity index (χ2n) is 29.7. The minimum Gasteiger partial charge on any atom is -0.458 e. The molecular weight excluding hydrogens is 1310 g/mol. The lowest BCUT2D eigenvalue weighted by Crippen LogP contribution is -2.69. The molecule has 0 atom stereocenters. The molecule has 15 aromatic carbocycles. The van der Waals surface area contributed by atoms with Crippen LogP contribution in [-0.4, -0.2) is 26.9 Å². The van der Waals surface area contributed by atoms with E-state index in [0.717, 1.165) is 158 Å². The molecule has 0 fully saturated rings. The molecule has 23 rings (SSSR count). The second-order valence-corrected chi connectivity index (χ2v) is 29.7. The number of hydrogen-bond donors (Lipinski definition) is 0. The van der Waals surface area contributed by atoms with Crippen LogP contribution in [0.15, 0.2) is 309 Å². The summed E-state index contributed by atoms with van der Waals surface area (Å²) in [6.07, 6.45) is 0. The second kappa shape index (κ2) is 22.6. The Morgan fingerprint density at radius 1 is 0.215 bits per heavy atom. The lowest BCUT2D eigenvalue weighted by Gasteiger charge is -2.51. The van der Waals surface area contributed by atoms with Crippen LogP contribution in [0.4, 0.5) is 85.3 Å². The van der Waals surface area contributed by atoms with Gasteiger partial charge in [-0.05, 0) is 185 Å². The van der Waals surface area contributed by atoms with Crippen molar-refractivity contribution in [2.24, 2.45) is 0 Å². The Morgan fingerprint density at radius 3 is 0.907 bits per heavy atom. The van der Waals surface area contributed by atoms with E-state index in [9.17, 15) is 0 Å². The van der Waals surface area contributed by atoms with Crippen molar-refractivity contribution in [3.63, 3.8) is 0 Å². The van der Waals surface area contributed by atoms with Gasteiger partial charge in [-0.25, -0.2) is 0 Å². The third-order valence-corrected chi connectivity index (χ3v) is 23.4. The average Bonchev–Trinajstić information content (AvgIpc) is 0.664. The molecule has 0 bridgehead atoms. The normalized spacial score (nSPS) is 13.8. The predicted octanol–water partition coefficient (Wildman–Crippen LogP) is 16.0. The van der Waals surface area contributed by atoms with E-state index in [1.165, 1.54) is 60.7 Å². The van der Waals surface area contributed by atoms with E-state index >= 15 is 0 Å². The van der Waals surface area contributed by atoms with Crippen LogP contribution in [0, 0.1) is 27.7 Å². The zero-order chi connectivity index (χ0) is 70.6.